The fourth-order valence-corrected chi connectivity index (χ4v) is 4.02. The van der Waals surface area contributed by atoms with Gasteiger partial charge in [-0.15, -0.1) is 0 Å². The summed E-state index contributed by atoms with van der Waals surface area (Å²) in [6.45, 7) is 1.82. The van der Waals surface area contributed by atoms with Crippen molar-refractivity contribution in [1.82, 2.24) is 4.90 Å². The minimum atomic E-state index is -0.267. The van der Waals surface area contributed by atoms with Gasteiger partial charge in [-0.3, -0.25) is 9.59 Å². The number of hydrogen-bond donors (Lipinski definition) is 1. The summed E-state index contributed by atoms with van der Waals surface area (Å²) in [5.74, 6) is -0.168. The summed E-state index contributed by atoms with van der Waals surface area (Å²) in [6.07, 6.45) is 2.20. The average Bonchev–Trinajstić information content (AvgIpc) is 3.02. The molecule has 0 saturated carbocycles. The van der Waals surface area contributed by atoms with Crippen molar-refractivity contribution in [3.63, 3.8) is 0 Å². The lowest BCUT2D eigenvalue weighted by Crippen LogP contribution is -2.48. The number of nitrogens with zero attached hydrogens (tertiary/aromatic N) is 2. The summed E-state index contributed by atoms with van der Waals surface area (Å²) in [5.41, 5.74) is 6.90. The van der Waals surface area contributed by atoms with E-state index in [0.717, 1.165) is 35.8 Å². The summed E-state index contributed by atoms with van der Waals surface area (Å²) >= 11 is 0. The van der Waals surface area contributed by atoms with E-state index < -0.39 is 0 Å². The lowest BCUT2D eigenvalue weighted by molar-refractivity contribution is -0.136. The van der Waals surface area contributed by atoms with Crippen LogP contribution in [-0.2, 0) is 9.59 Å². The molecule has 2 aromatic rings. The summed E-state index contributed by atoms with van der Waals surface area (Å²) in [4.78, 5) is 29.1. The van der Waals surface area contributed by atoms with Crippen molar-refractivity contribution in [3.05, 3.63) is 42.5 Å². The molecule has 2 unspecified atom stereocenters. The fraction of sp³-hybridized carbons (Fsp3) is 0.400. The second-order valence-corrected chi connectivity index (χ2v) is 7.09. The van der Waals surface area contributed by atoms with Gasteiger partial charge in [0.05, 0.1) is 11.6 Å². The van der Waals surface area contributed by atoms with E-state index in [4.69, 9.17) is 5.73 Å². The zero-order valence-electron chi connectivity index (χ0n) is 14.2. The highest BCUT2D eigenvalue weighted by Crippen LogP contribution is 2.32. The molecule has 0 bridgehead atoms. The number of benzene rings is 2. The zero-order valence-corrected chi connectivity index (χ0v) is 14.2. The van der Waals surface area contributed by atoms with Gasteiger partial charge < -0.3 is 15.5 Å². The molecular formula is C20H23N3O2. The first-order chi connectivity index (χ1) is 12.1. The largest absolute Gasteiger partial charge is 0.341 e. The van der Waals surface area contributed by atoms with Gasteiger partial charge in [-0.05, 0) is 24.3 Å². The molecule has 130 valence electrons. The van der Waals surface area contributed by atoms with Crippen LogP contribution >= 0.6 is 0 Å². The van der Waals surface area contributed by atoms with Crippen molar-refractivity contribution < 1.29 is 9.59 Å². The number of likely N-dealkylation sites (tertiary alicyclic amines) is 1. The van der Waals surface area contributed by atoms with Crippen LogP contribution in [0.2, 0.25) is 0 Å². The maximum Gasteiger partial charge on any atom is 0.228 e. The van der Waals surface area contributed by atoms with Gasteiger partial charge in [-0.25, -0.2) is 0 Å². The van der Waals surface area contributed by atoms with Gasteiger partial charge in [0.15, 0.2) is 0 Å². The molecule has 2 fully saturated rings. The Bertz CT molecular complexity index is 814. The Morgan fingerprint density at radius 3 is 2.72 bits per heavy atom. The zero-order chi connectivity index (χ0) is 17.4. The van der Waals surface area contributed by atoms with Crippen molar-refractivity contribution in [1.29, 1.82) is 0 Å². The predicted octanol–water partition coefficient (Wildman–Crippen LogP) is 2.14. The molecule has 4 rings (SSSR count). The smallest absolute Gasteiger partial charge is 0.228 e. The van der Waals surface area contributed by atoms with Crippen molar-refractivity contribution in [3.8, 4) is 0 Å². The number of amides is 2. The molecule has 2 aliphatic heterocycles. The molecule has 0 radical (unpaired) electrons. The molecular weight excluding hydrogens is 314 g/mol. The van der Waals surface area contributed by atoms with Crippen molar-refractivity contribution >= 4 is 28.3 Å². The molecule has 0 aromatic heterocycles. The Morgan fingerprint density at radius 2 is 1.88 bits per heavy atom. The summed E-state index contributed by atoms with van der Waals surface area (Å²) in [6, 6.07) is 14.1. The standard InChI is InChI=1S/C20H23N3O2/c21-16-7-4-10-22(13-16)20(25)15-11-19(24)23(12-15)18-9-3-6-14-5-1-2-8-17(14)18/h1-3,5-6,8-9,15-16H,4,7,10-13,21H2. The first-order valence-electron chi connectivity index (χ1n) is 8.96. The van der Waals surface area contributed by atoms with Crippen LogP contribution in [0.25, 0.3) is 10.8 Å². The van der Waals surface area contributed by atoms with Crippen LogP contribution in [0.5, 0.6) is 0 Å². The van der Waals surface area contributed by atoms with Gasteiger partial charge in [-0.2, -0.15) is 0 Å². The molecule has 0 spiro atoms. The Hall–Kier alpha value is -2.40. The third kappa shape index (κ3) is 3.00. The van der Waals surface area contributed by atoms with Crippen molar-refractivity contribution in [2.75, 3.05) is 24.5 Å². The third-order valence-corrected chi connectivity index (χ3v) is 5.30. The second kappa shape index (κ2) is 6.48. The van der Waals surface area contributed by atoms with Crippen LogP contribution in [-0.4, -0.2) is 42.4 Å². The van der Waals surface area contributed by atoms with E-state index in [2.05, 4.69) is 0 Å². The summed E-state index contributed by atoms with van der Waals surface area (Å²) in [5, 5.41) is 2.15. The van der Waals surface area contributed by atoms with E-state index in [9.17, 15) is 9.59 Å². The molecule has 2 saturated heterocycles. The van der Waals surface area contributed by atoms with E-state index in [0.29, 0.717) is 13.1 Å². The molecule has 2 heterocycles. The SMILES string of the molecule is NC1CCCN(C(=O)C2CC(=O)N(c3cccc4ccccc34)C2)C1. The first kappa shape index (κ1) is 16.1. The van der Waals surface area contributed by atoms with Crippen LogP contribution in [0.1, 0.15) is 19.3 Å². The van der Waals surface area contributed by atoms with Crippen LogP contribution in [0.3, 0.4) is 0 Å². The molecule has 2 aliphatic rings. The average molecular weight is 337 g/mol. The quantitative estimate of drug-likeness (QED) is 0.913. The van der Waals surface area contributed by atoms with Gasteiger partial charge in [0, 0.05) is 37.5 Å². The van der Waals surface area contributed by atoms with Gasteiger partial charge in [0.25, 0.3) is 0 Å². The fourth-order valence-electron chi connectivity index (χ4n) is 4.02. The number of anilines is 1. The lowest BCUT2D eigenvalue weighted by Gasteiger charge is -2.32. The Morgan fingerprint density at radius 1 is 1.08 bits per heavy atom. The second-order valence-electron chi connectivity index (χ2n) is 7.09. The highest BCUT2D eigenvalue weighted by atomic mass is 16.2. The van der Waals surface area contributed by atoms with Gasteiger partial charge in [0.2, 0.25) is 11.8 Å². The highest BCUT2D eigenvalue weighted by molar-refractivity contribution is 6.07. The Balaban J connectivity index is 1.57. The number of carbonyl (C=O) groups excluding carboxylic acids is 2. The van der Waals surface area contributed by atoms with Crippen LogP contribution in [0.4, 0.5) is 5.69 Å². The number of rotatable bonds is 2. The van der Waals surface area contributed by atoms with E-state index >= 15 is 0 Å². The summed E-state index contributed by atoms with van der Waals surface area (Å²) < 4.78 is 0. The van der Waals surface area contributed by atoms with Crippen molar-refractivity contribution in [2.24, 2.45) is 11.7 Å². The lowest BCUT2D eigenvalue weighted by atomic mass is 10.0. The molecule has 0 aliphatic carbocycles. The topological polar surface area (TPSA) is 66.6 Å². The van der Waals surface area contributed by atoms with Crippen LogP contribution in [0.15, 0.2) is 42.5 Å². The number of piperidine rings is 1. The predicted molar refractivity (Wildman–Crippen MR) is 98.2 cm³/mol. The molecule has 2 aromatic carbocycles. The molecule has 2 N–H and O–H groups in total. The molecule has 25 heavy (non-hydrogen) atoms. The Labute approximate surface area is 147 Å². The number of fused-ring (bicyclic) bond motifs is 1. The number of nitrogens with two attached hydrogens (primary N) is 1. The normalized spacial score (nSPS) is 24.1. The number of carbonyl (C=O) groups is 2. The van der Waals surface area contributed by atoms with Crippen molar-refractivity contribution in [2.45, 2.75) is 25.3 Å². The molecule has 2 amide bonds. The van der Waals surface area contributed by atoms with Gasteiger partial charge in [-0.1, -0.05) is 36.4 Å². The monoisotopic (exact) mass is 337 g/mol. The molecule has 2 atom stereocenters. The Kier molecular flexibility index (Phi) is 4.17. The first-order valence-corrected chi connectivity index (χ1v) is 8.96. The summed E-state index contributed by atoms with van der Waals surface area (Å²) in [7, 11) is 0. The van der Waals surface area contributed by atoms with Crippen LogP contribution < -0.4 is 10.6 Å². The highest BCUT2D eigenvalue weighted by Gasteiger charge is 2.38. The molecule has 5 nitrogen and oxygen atoms in total. The van der Waals surface area contributed by atoms with E-state index in [1.165, 1.54) is 0 Å². The minimum absolute atomic E-state index is 0.0241. The maximum absolute atomic E-state index is 12.8. The minimum Gasteiger partial charge on any atom is -0.341 e. The van der Waals surface area contributed by atoms with E-state index in [1.807, 2.05) is 47.4 Å². The third-order valence-electron chi connectivity index (χ3n) is 5.30. The maximum atomic E-state index is 12.8. The van der Waals surface area contributed by atoms with E-state index in [-0.39, 0.29) is 30.2 Å². The van der Waals surface area contributed by atoms with Crippen LogP contribution in [0, 0.1) is 5.92 Å². The van der Waals surface area contributed by atoms with Gasteiger partial charge >= 0.3 is 0 Å². The number of hydrogen-bond acceptors (Lipinski definition) is 3. The molecule has 5 heteroatoms. The van der Waals surface area contributed by atoms with Gasteiger partial charge in [0.1, 0.15) is 0 Å². The van der Waals surface area contributed by atoms with E-state index in [1.54, 1.807) is 4.90 Å².